The lowest BCUT2D eigenvalue weighted by molar-refractivity contribution is -0.136. The number of amides is 5. The lowest BCUT2D eigenvalue weighted by Crippen LogP contribution is -2.54. The lowest BCUT2D eigenvalue weighted by atomic mass is 9.91. The van der Waals surface area contributed by atoms with Crippen LogP contribution in [0.3, 0.4) is 0 Å². The molecular weight excluding hydrogens is 873 g/mol. The van der Waals surface area contributed by atoms with Crippen molar-refractivity contribution in [2.24, 2.45) is 7.05 Å². The smallest absolute Gasteiger partial charge is 0.264 e. The molecule has 5 aliphatic rings. The van der Waals surface area contributed by atoms with E-state index in [1.54, 1.807) is 49.8 Å². The first-order chi connectivity index (χ1) is 32.9. The molecular formula is C50H49F2N11O5. The van der Waals surface area contributed by atoms with E-state index in [0.717, 1.165) is 94.2 Å². The van der Waals surface area contributed by atoms with Crippen LogP contribution in [0.2, 0.25) is 0 Å². The Morgan fingerprint density at radius 2 is 1.75 bits per heavy atom. The number of hydrogen-bond donors (Lipinski definition) is 2. The van der Waals surface area contributed by atoms with Gasteiger partial charge in [-0.05, 0) is 85.7 Å². The Morgan fingerprint density at radius 1 is 0.912 bits per heavy atom. The second-order valence-electron chi connectivity index (χ2n) is 18.4. The molecule has 16 nitrogen and oxygen atoms in total. The third-order valence-electron chi connectivity index (χ3n) is 14.3. The first-order valence-corrected chi connectivity index (χ1v) is 23.2. The van der Waals surface area contributed by atoms with Crippen LogP contribution in [0.1, 0.15) is 100 Å². The van der Waals surface area contributed by atoms with E-state index in [1.807, 2.05) is 47.0 Å². The Balaban J connectivity index is 0.801. The SMILES string of the molecule is CC(=O)N1CCc2c(c(N3CCCc4cc(-c5cn(C)c6ccncc56)c(C(F)F)cc43)nn2C2CCN(Cc3ccc(Nc4cccc5c4C(=O)N(C4CCC(=O)NC4=O)C5=O)cn3)CC2)C1. The highest BCUT2D eigenvalue weighted by molar-refractivity contribution is 6.25. The molecule has 2 saturated heterocycles. The van der Waals surface area contributed by atoms with Gasteiger partial charge in [-0.25, -0.2) is 8.78 Å². The quantitative estimate of drug-likeness (QED) is 0.147. The van der Waals surface area contributed by atoms with Crippen molar-refractivity contribution in [1.29, 1.82) is 0 Å². The number of imide groups is 2. The van der Waals surface area contributed by atoms with Crippen LogP contribution in [0, 0.1) is 0 Å². The molecule has 4 aromatic heterocycles. The molecule has 11 rings (SSSR count). The topological polar surface area (TPSA) is 171 Å². The zero-order chi connectivity index (χ0) is 47.0. The van der Waals surface area contributed by atoms with Crippen LogP contribution in [-0.4, -0.2) is 101 Å². The summed E-state index contributed by atoms with van der Waals surface area (Å²) in [6.45, 7) is 5.40. The normalized spacial score (nSPS) is 18.9. The zero-order valence-electron chi connectivity index (χ0n) is 37.7. The molecule has 9 heterocycles. The number of piperidine rings is 2. The minimum Gasteiger partial charge on any atom is -0.354 e. The number of pyridine rings is 2. The molecule has 2 fully saturated rings. The van der Waals surface area contributed by atoms with Crippen molar-refractivity contribution in [2.75, 3.05) is 36.4 Å². The number of alkyl halides is 2. The van der Waals surface area contributed by atoms with E-state index < -0.39 is 36.1 Å². The Morgan fingerprint density at radius 3 is 2.51 bits per heavy atom. The number of benzene rings is 2. The van der Waals surface area contributed by atoms with E-state index in [1.165, 1.54) is 0 Å². The van der Waals surface area contributed by atoms with E-state index in [9.17, 15) is 24.0 Å². The molecule has 1 atom stereocenters. The first kappa shape index (κ1) is 43.2. The van der Waals surface area contributed by atoms with Crippen LogP contribution in [0.5, 0.6) is 0 Å². The van der Waals surface area contributed by atoms with Gasteiger partial charge < -0.3 is 19.7 Å². The second-order valence-corrected chi connectivity index (χ2v) is 18.4. The number of nitrogens with zero attached hydrogens (tertiary/aromatic N) is 9. The van der Waals surface area contributed by atoms with E-state index in [0.29, 0.717) is 49.5 Å². The van der Waals surface area contributed by atoms with Gasteiger partial charge in [-0.3, -0.25) is 53.7 Å². The molecule has 0 saturated carbocycles. The summed E-state index contributed by atoms with van der Waals surface area (Å²) in [4.78, 5) is 80.3. The van der Waals surface area contributed by atoms with Gasteiger partial charge in [0.25, 0.3) is 18.2 Å². The summed E-state index contributed by atoms with van der Waals surface area (Å²) < 4.78 is 34.4. The van der Waals surface area contributed by atoms with Crippen molar-refractivity contribution in [3.05, 3.63) is 113 Å². The second kappa shape index (κ2) is 17.1. The maximum Gasteiger partial charge on any atom is 0.264 e. The molecule has 1 unspecified atom stereocenters. The van der Waals surface area contributed by atoms with Crippen LogP contribution in [0.4, 0.5) is 31.7 Å². The molecule has 0 bridgehead atoms. The molecule has 5 amide bonds. The van der Waals surface area contributed by atoms with Gasteiger partial charge in [0.15, 0.2) is 5.82 Å². The van der Waals surface area contributed by atoms with Crippen LogP contribution in [0.25, 0.3) is 22.0 Å². The fourth-order valence-electron chi connectivity index (χ4n) is 10.9. The number of anilines is 4. The van der Waals surface area contributed by atoms with Gasteiger partial charge >= 0.3 is 0 Å². The largest absolute Gasteiger partial charge is 0.354 e. The van der Waals surface area contributed by atoms with Crippen LogP contribution >= 0.6 is 0 Å². The van der Waals surface area contributed by atoms with Gasteiger partial charge in [-0.1, -0.05) is 6.07 Å². The van der Waals surface area contributed by atoms with Gasteiger partial charge in [0, 0.05) is 112 Å². The molecule has 2 aromatic carbocycles. The summed E-state index contributed by atoms with van der Waals surface area (Å²) in [5.41, 5.74) is 8.17. The van der Waals surface area contributed by atoms with Gasteiger partial charge in [0.2, 0.25) is 17.7 Å². The summed E-state index contributed by atoms with van der Waals surface area (Å²) in [6, 6.07) is 13.3. The Bertz CT molecular complexity index is 3070. The fourth-order valence-corrected chi connectivity index (χ4v) is 10.9. The highest BCUT2D eigenvalue weighted by Gasteiger charge is 2.46. The molecule has 0 spiro atoms. The zero-order valence-corrected chi connectivity index (χ0v) is 37.7. The minimum atomic E-state index is -2.71. The number of carbonyl (C=O) groups excluding carboxylic acids is 5. The monoisotopic (exact) mass is 921 g/mol. The van der Waals surface area contributed by atoms with Crippen molar-refractivity contribution >= 4 is 63.3 Å². The van der Waals surface area contributed by atoms with Gasteiger partial charge in [0.1, 0.15) is 6.04 Å². The summed E-state index contributed by atoms with van der Waals surface area (Å²) >= 11 is 0. The number of rotatable bonds is 9. The highest BCUT2D eigenvalue weighted by atomic mass is 19.3. The van der Waals surface area contributed by atoms with E-state index in [2.05, 4.69) is 30.1 Å². The molecule has 2 N–H and O–H groups in total. The fraction of sp³-hybridized carbons (Fsp3) is 0.360. The third kappa shape index (κ3) is 7.46. The number of aryl methyl sites for hydroxylation is 2. The van der Waals surface area contributed by atoms with Crippen LogP contribution in [0.15, 0.2) is 73.3 Å². The predicted octanol–water partition coefficient (Wildman–Crippen LogP) is 6.74. The average molecular weight is 922 g/mol. The number of halogens is 2. The predicted molar refractivity (Wildman–Crippen MR) is 248 cm³/mol. The average Bonchev–Trinajstić information content (AvgIpc) is 3.97. The molecule has 348 valence electrons. The van der Waals surface area contributed by atoms with Crippen molar-refractivity contribution in [3.8, 4) is 11.1 Å². The minimum absolute atomic E-state index is 0.0122. The van der Waals surface area contributed by atoms with Gasteiger partial charge in [-0.15, -0.1) is 0 Å². The standard InChI is InChI=1S/C50H49F2N11O5/c1-28(64)60-20-15-41-38(27-60)47(61-17-4-5-29-21-34(35(46(51)52)22-43(29)61)37-26-58(2)40-12-16-53-24-36(37)40)57-63(41)32-13-18-59(19-14-32)25-31-9-8-30(23-54-31)55-39-7-3-6-33-45(39)50(68)62(49(33)67)42-10-11-44(65)56-48(42)66/h3,6-9,12,16,21-24,26,32,42,46,55H,4-5,10-11,13-15,17-20,25,27H2,1-2H3,(H,56,65,66). The number of hydrogen-bond acceptors (Lipinski definition) is 11. The summed E-state index contributed by atoms with van der Waals surface area (Å²) in [5.74, 6) is -1.54. The summed E-state index contributed by atoms with van der Waals surface area (Å²) in [7, 11) is 1.91. The van der Waals surface area contributed by atoms with Gasteiger partial charge in [-0.2, -0.15) is 5.10 Å². The summed E-state index contributed by atoms with van der Waals surface area (Å²) in [5, 5.41) is 11.6. The molecule has 18 heteroatoms. The number of nitrogens with one attached hydrogen (secondary N) is 2. The maximum atomic E-state index is 15.1. The highest BCUT2D eigenvalue weighted by Crippen LogP contribution is 2.45. The van der Waals surface area contributed by atoms with Crippen molar-refractivity contribution < 1.29 is 32.8 Å². The van der Waals surface area contributed by atoms with Crippen LogP contribution in [-0.2, 0) is 47.4 Å². The van der Waals surface area contributed by atoms with E-state index >= 15 is 8.78 Å². The Labute approximate surface area is 389 Å². The molecule has 6 aromatic rings. The van der Waals surface area contributed by atoms with Gasteiger partial charge in [0.05, 0.1) is 52.5 Å². The molecule has 68 heavy (non-hydrogen) atoms. The maximum absolute atomic E-state index is 15.1. The molecule has 0 radical (unpaired) electrons. The number of fused-ring (bicyclic) bond motifs is 4. The number of likely N-dealkylation sites (tertiary alicyclic amines) is 1. The lowest BCUT2D eigenvalue weighted by Gasteiger charge is -2.34. The first-order valence-electron chi connectivity index (χ1n) is 23.2. The molecule has 5 aliphatic heterocycles. The van der Waals surface area contributed by atoms with Crippen LogP contribution < -0.4 is 15.5 Å². The van der Waals surface area contributed by atoms with Crippen molar-refractivity contribution in [3.63, 3.8) is 0 Å². The van der Waals surface area contributed by atoms with E-state index in [-0.39, 0.29) is 41.5 Å². The molecule has 0 aliphatic carbocycles. The third-order valence-corrected chi connectivity index (χ3v) is 14.3. The van der Waals surface area contributed by atoms with E-state index in [4.69, 9.17) is 10.1 Å². The summed E-state index contributed by atoms with van der Waals surface area (Å²) in [6.07, 6.45) is 8.32. The van der Waals surface area contributed by atoms with Crippen molar-refractivity contribution in [1.82, 2.24) is 44.3 Å². The Hall–Kier alpha value is -7.34. The Kier molecular flexibility index (Phi) is 10.9. The number of aromatic nitrogens is 5. The number of carbonyl (C=O) groups is 5. The van der Waals surface area contributed by atoms with Crippen molar-refractivity contribution in [2.45, 2.75) is 83.5 Å².